The number of aliphatic hydroxyl groups excluding tert-OH is 1. The zero-order valence-corrected chi connectivity index (χ0v) is 31.9. The molecule has 3 N–H and O–H groups in total. The molecule has 9 nitrogen and oxygen atoms in total. The van der Waals surface area contributed by atoms with E-state index in [1.54, 1.807) is 19.8 Å². The number of fused-ring (bicyclic) bond motifs is 4. The molecule has 9 heteroatoms. The second-order valence-corrected chi connectivity index (χ2v) is 19.6. The summed E-state index contributed by atoms with van der Waals surface area (Å²) in [5, 5.41) is 33.9. The van der Waals surface area contributed by atoms with E-state index in [0.29, 0.717) is 44.2 Å². The maximum atomic E-state index is 12.5. The molecule has 0 amide bonds. The normalized spacial score (nSPS) is 46.6. The summed E-state index contributed by atoms with van der Waals surface area (Å²) < 4.78 is 25.3. The predicted molar refractivity (Wildman–Crippen MR) is 184 cm³/mol. The highest BCUT2D eigenvalue weighted by molar-refractivity contribution is 5.66. The van der Waals surface area contributed by atoms with Gasteiger partial charge in [0.2, 0.25) is 0 Å². The van der Waals surface area contributed by atoms with Crippen LogP contribution in [0.15, 0.2) is 0 Å². The standard InChI is InChI=1S/C40H64NO8/c1-23-19-25(33(36(7,8)45)47-24(2)42)48-31-30(23)37(9)15-16-40-21-39(40)14-13-28(49-29-20-41(17-18-46-29)22-34(3,4)44)35(5,6)26(39)11-12-27(40)38(37,10)32(31)43/h23,26,28-30,32-33,43-45H,11-22H2,1-10H3/t23-,26+,28?,29+,30+,32+,33+,37-,38-,39-,40+/m1/s1. The van der Waals surface area contributed by atoms with E-state index in [-0.39, 0.29) is 45.9 Å². The Hall–Kier alpha value is -0.810. The quantitative estimate of drug-likeness (QED) is 0.294. The lowest BCUT2D eigenvalue weighted by Crippen LogP contribution is -2.59. The van der Waals surface area contributed by atoms with Gasteiger partial charge in [-0.05, 0) is 118 Å². The molecule has 0 aromatic carbocycles. The number of rotatable bonds is 7. The zero-order valence-electron chi connectivity index (χ0n) is 31.9. The van der Waals surface area contributed by atoms with Gasteiger partial charge in [0.15, 0.2) is 12.4 Å². The molecule has 0 aromatic rings. The third-order valence-electron chi connectivity index (χ3n) is 15.3. The first-order valence-electron chi connectivity index (χ1n) is 19.2. The average Bonchev–Trinajstić information content (AvgIpc) is 3.61. The van der Waals surface area contributed by atoms with Gasteiger partial charge in [0, 0.05) is 37.9 Å². The molecule has 7 aliphatic rings. The van der Waals surface area contributed by atoms with Crippen LogP contribution in [0.3, 0.4) is 0 Å². The van der Waals surface area contributed by atoms with Crippen LogP contribution < -0.4 is 0 Å². The third-order valence-corrected chi connectivity index (χ3v) is 15.3. The Balaban J connectivity index is 1.11. The van der Waals surface area contributed by atoms with Crippen molar-refractivity contribution in [3.8, 4) is 0 Å². The van der Waals surface area contributed by atoms with Crippen molar-refractivity contribution in [3.63, 3.8) is 0 Å². The number of morpholine rings is 1. The Kier molecular flexibility index (Phi) is 8.65. The van der Waals surface area contributed by atoms with Gasteiger partial charge in [0.25, 0.3) is 0 Å². The van der Waals surface area contributed by atoms with Gasteiger partial charge < -0.3 is 34.3 Å². The Morgan fingerprint density at radius 1 is 1.08 bits per heavy atom. The lowest BCUT2D eigenvalue weighted by molar-refractivity contribution is -0.245. The number of esters is 1. The fraction of sp³-hybridized carbons (Fsp3) is 0.900. The molecular formula is C40H64NO8. The van der Waals surface area contributed by atoms with E-state index in [9.17, 15) is 20.1 Å². The van der Waals surface area contributed by atoms with Gasteiger partial charge in [-0.15, -0.1) is 0 Å². The van der Waals surface area contributed by atoms with Gasteiger partial charge in [-0.2, -0.15) is 0 Å². The lowest BCUT2D eigenvalue weighted by Gasteiger charge is -2.63. The van der Waals surface area contributed by atoms with Crippen molar-refractivity contribution >= 4 is 5.97 Å². The second-order valence-electron chi connectivity index (χ2n) is 19.6. The van der Waals surface area contributed by atoms with E-state index in [0.717, 1.165) is 45.1 Å². The molecule has 5 aliphatic carbocycles. The van der Waals surface area contributed by atoms with Gasteiger partial charge in [-0.25, -0.2) is 0 Å². The first kappa shape index (κ1) is 36.5. The number of hydrogen-bond donors (Lipinski definition) is 3. The van der Waals surface area contributed by atoms with Crippen LogP contribution in [-0.4, -0.2) is 88.2 Å². The molecular weight excluding hydrogens is 622 g/mol. The largest absolute Gasteiger partial charge is 0.456 e. The summed E-state index contributed by atoms with van der Waals surface area (Å²) >= 11 is 0. The van der Waals surface area contributed by atoms with E-state index in [2.05, 4.69) is 39.5 Å². The predicted octanol–water partition coefficient (Wildman–Crippen LogP) is 5.60. The number of hydrogen-bond acceptors (Lipinski definition) is 9. The van der Waals surface area contributed by atoms with E-state index in [1.807, 2.05) is 13.8 Å². The SMILES string of the molecule is CC(=O)O[C@@H]([C]1C[C@@H](C)[C@H]2[C](O1)[C@H](O)[C@@]1(C)[C]3CC[C@H]4C(C)(C)C(O[C@H]5CN(CC(C)(C)O)CCO5)CC[C@@]45C[C@@]35CC[C@]21C)C(C)(C)O. The molecule has 7 fully saturated rings. The highest BCUT2D eigenvalue weighted by atomic mass is 16.7. The molecule has 0 aromatic heterocycles. The minimum Gasteiger partial charge on any atom is -0.456 e. The summed E-state index contributed by atoms with van der Waals surface area (Å²) in [6, 6.07) is 0. The highest BCUT2D eigenvalue weighted by Gasteiger charge is 2.85. The summed E-state index contributed by atoms with van der Waals surface area (Å²) in [5.41, 5.74) is -2.29. The Morgan fingerprint density at radius 2 is 1.80 bits per heavy atom. The number of β-amino-alcohol motifs (C(OH)–C–C–N with tert-alkyl or cyclic N) is 1. The molecule has 3 radical (unpaired) electrons. The van der Waals surface area contributed by atoms with Crippen molar-refractivity contribution in [2.75, 3.05) is 26.2 Å². The summed E-state index contributed by atoms with van der Waals surface area (Å²) in [7, 11) is 0. The molecule has 2 aliphatic heterocycles. The molecule has 0 bridgehead atoms. The molecule has 49 heavy (non-hydrogen) atoms. The van der Waals surface area contributed by atoms with Gasteiger partial charge in [-0.1, -0.05) is 34.6 Å². The molecule has 5 saturated carbocycles. The molecule has 277 valence electrons. The molecule has 2 heterocycles. The molecule has 7 rings (SSSR count). The minimum absolute atomic E-state index is 0.0157. The number of aliphatic hydroxyl groups is 3. The number of carbonyl (C=O) groups is 1. The van der Waals surface area contributed by atoms with Crippen LogP contribution in [0.2, 0.25) is 0 Å². The monoisotopic (exact) mass is 686 g/mol. The van der Waals surface area contributed by atoms with Gasteiger partial charge in [0.1, 0.15) is 12.2 Å². The lowest BCUT2D eigenvalue weighted by atomic mass is 9.41. The minimum atomic E-state index is -1.32. The zero-order chi connectivity index (χ0) is 35.7. The van der Waals surface area contributed by atoms with Gasteiger partial charge in [0.05, 0.1) is 30.0 Å². The van der Waals surface area contributed by atoms with Crippen molar-refractivity contribution in [3.05, 3.63) is 18.1 Å². The van der Waals surface area contributed by atoms with E-state index in [4.69, 9.17) is 18.9 Å². The summed E-state index contributed by atoms with van der Waals surface area (Å²) in [4.78, 5) is 14.3. The molecule has 1 unspecified atom stereocenters. The summed E-state index contributed by atoms with van der Waals surface area (Å²) in [6.07, 6.45) is 7.66. The van der Waals surface area contributed by atoms with Crippen molar-refractivity contribution in [1.82, 2.24) is 4.90 Å². The first-order valence-corrected chi connectivity index (χ1v) is 19.2. The van der Waals surface area contributed by atoms with E-state index >= 15 is 0 Å². The molecule has 2 saturated heterocycles. The van der Waals surface area contributed by atoms with Crippen LogP contribution in [0, 0.1) is 63.0 Å². The highest BCUT2D eigenvalue weighted by Crippen LogP contribution is 2.90. The van der Waals surface area contributed by atoms with Crippen LogP contribution >= 0.6 is 0 Å². The second kappa shape index (κ2) is 11.6. The van der Waals surface area contributed by atoms with Crippen molar-refractivity contribution < 1.29 is 39.1 Å². The molecule has 11 atom stereocenters. The van der Waals surface area contributed by atoms with Gasteiger partial charge >= 0.3 is 5.97 Å². The Bertz CT molecular complexity index is 1290. The van der Waals surface area contributed by atoms with Crippen LogP contribution in [0.5, 0.6) is 0 Å². The van der Waals surface area contributed by atoms with E-state index < -0.39 is 34.8 Å². The molecule has 2 spiro atoms. The van der Waals surface area contributed by atoms with Crippen LogP contribution in [-0.2, 0) is 23.7 Å². The number of ether oxygens (including phenoxy) is 4. The Morgan fingerprint density at radius 3 is 2.45 bits per heavy atom. The number of nitrogens with zero attached hydrogens (tertiary/aromatic N) is 1. The van der Waals surface area contributed by atoms with Crippen molar-refractivity contribution in [1.29, 1.82) is 0 Å². The maximum absolute atomic E-state index is 12.5. The average molecular weight is 687 g/mol. The first-order chi connectivity index (χ1) is 22.6. The van der Waals surface area contributed by atoms with Crippen LogP contribution in [0.25, 0.3) is 0 Å². The summed E-state index contributed by atoms with van der Waals surface area (Å²) in [5.74, 6) is 1.90. The smallest absolute Gasteiger partial charge is 0.303 e. The Labute approximate surface area is 295 Å². The number of carbonyl (C=O) groups excluding carboxylic acids is 1. The van der Waals surface area contributed by atoms with Crippen molar-refractivity contribution in [2.24, 2.45) is 44.8 Å². The van der Waals surface area contributed by atoms with Crippen LogP contribution in [0.1, 0.15) is 121 Å². The third kappa shape index (κ3) is 5.35. The topological polar surface area (TPSA) is 118 Å². The van der Waals surface area contributed by atoms with Crippen molar-refractivity contribution in [2.45, 2.75) is 156 Å². The van der Waals surface area contributed by atoms with E-state index in [1.165, 1.54) is 13.3 Å². The fourth-order valence-corrected chi connectivity index (χ4v) is 13.2. The van der Waals surface area contributed by atoms with Crippen LogP contribution in [0.4, 0.5) is 0 Å². The fourth-order valence-electron chi connectivity index (χ4n) is 13.2. The van der Waals surface area contributed by atoms with Gasteiger partial charge in [-0.3, -0.25) is 9.69 Å². The maximum Gasteiger partial charge on any atom is 0.303 e. The summed E-state index contributed by atoms with van der Waals surface area (Å²) in [6.45, 7) is 22.9.